The number of hydrogen-bond donors (Lipinski definition) is 1. The smallest absolute Gasteiger partial charge is 0.153 e. The fourth-order valence-electron chi connectivity index (χ4n) is 2.58. The van der Waals surface area contributed by atoms with Gasteiger partial charge in [-0.05, 0) is 31.4 Å². The lowest BCUT2D eigenvalue weighted by Gasteiger charge is -2.00. The van der Waals surface area contributed by atoms with Crippen LogP contribution in [0.1, 0.15) is 48.9 Å². The van der Waals surface area contributed by atoms with E-state index < -0.39 is 0 Å². The highest BCUT2D eigenvalue weighted by atomic mass is 15.2. The molecule has 2 aromatic heterocycles. The Labute approximate surface area is 107 Å². The molecular formula is C14H18N4. The van der Waals surface area contributed by atoms with Gasteiger partial charge < -0.3 is 0 Å². The van der Waals surface area contributed by atoms with Gasteiger partial charge in [-0.3, -0.25) is 10.1 Å². The Morgan fingerprint density at radius 2 is 2.06 bits per heavy atom. The van der Waals surface area contributed by atoms with Crippen molar-refractivity contribution < 1.29 is 0 Å². The second kappa shape index (κ2) is 5.29. The zero-order valence-corrected chi connectivity index (χ0v) is 10.5. The topological polar surface area (TPSA) is 54.5 Å². The summed E-state index contributed by atoms with van der Waals surface area (Å²) in [7, 11) is 0. The number of hydrogen-bond acceptors (Lipinski definition) is 3. The van der Waals surface area contributed by atoms with Crippen LogP contribution < -0.4 is 0 Å². The maximum Gasteiger partial charge on any atom is 0.153 e. The molecule has 1 aliphatic rings. The van der Waals surface area contributed by atoms with Crippen molar-refractivity contribution in [3.63, 3.8) is 0 Å². The number of pyridine rings is 1. The molecule has 0 saturated heterocycles. The predicted molar refractivity (Wildman–Crippen MR) is 69.2 cm³/mol. The molecule has 18 heavy (non-hydrogen) atoms. The summed E-state index contributed by atoms with van der Waals surface area (Å²) in [5.74, 6) is 2.59. The zero-order valence-electron chi connectivity index (χ0n) is 10.5. The summed E-state index contributed by atoms with van der Waals surface area (Å²) in [6.07, 6.45) is 8.77. The first-order valence-corrected chi connectivity index (χ1v) is 6.73. The number of rotatable bonds is 4. The number of aryl methyl sites for hydroxylation is 2. The van der Waals surface area contributed by atoms with E-state index >= 15 is 0 Å². The van der Waals surface area contributed by atoms with Crippen LogP contribution in [0.4, 0.5) is 0 Å². The van der Waals surface area contributed by atoms with E-state index in [1.165, 1.54) is 25.7 Å². The van der Waals surface area contributed by atoms with E-state index in [4.69, 9.17) is 0 Å². The van der Waals surface area contributed by atoms with E-state index in [-0.39, 0.29) is 0 Å². The monoisotopic (exact) mass is 242 g/mol. The molecule has 2 heterocycles. The predicted octanol–water partition coefficient (Wildman–Crippen LogP) is 2.64. The Morgan fingerprint density at radius 3 is 2.83 bits per heavy atom. The SMILES string of the molecule is c1ccc(CCc2nc(C3CCCC3)n[nH]2)nc1. The Balaban J connectivity index is 1.60. The number of nitrogens with one attached hydrogen (secondary N) is 1. The molecule has 2 aromatic rings. The van der Waals surface area contributed by atoms with E-state index in [0.717, 1.165) is 30.2 Å². The minimum absolute atomic E-state index is 0.588. The van der Waals surface area contributed by atoms with Gasteiger partial charge in [-0.1, -0.05) is 18.9 Å². The minimum Gasteiger partial charge on any atom is -0.263 e. The minimum atomic E-state index is 0.588. The molecule has 0 bridgehead atoms. The quantitative estimate of drug-likeness (QED) is 0.896. The second-order valence-electron chi connectivity index (χ2n) is 4.94. The van der Waals surface area contributed by atoms with Gasteiger partial charge in [0.05, 0.1) is 0 Å². The van der Waals surface area contributed by atoms with Gasteiger partial charge in [-0.2, -0.15) is 5.10 Å². The van der Waals surface area contributed by atoms with E-state index in [0.29, 0.717) is 5.92 Å². The zero-order chi connectivity index (χ0) is 12.2. The number of H-pyrrole nitrogens is 1. The highest BCUT2D eigenvalue weighted by Crippen LogP contribution is 2.31. The van der Waals surface area contributed by atoms with Gasteiger partial charge in [0.1, 0.15) is 5.82 Å². The fourth-order valence-corrected chi connectivity index (χ4v) is 2.58. The normalized spacial score (nSPS) is 16.2. The lowest BCUT2D eigenvalue weighted by atomic mass is 10.1. The number of aromatic nitrogens is 4. The molecule has 94 valence electrons. The number of nitrogens with zero attached hydrogens (tertiary/aromatic N) is 3. The standard InChI is InChI=1S/C14H18N4/c1-2-6-11(5-1)14-16-13(17-18-14)9-8-12-7-3-4-10-15-12/h3-4,7,10-11H,1-2,5-6,8-9H2,(H,16,17,18). The Morgan fingerprint density at radius 1 is 1.17 bits per heavy atom. The van der Waals surface area contributed by atoms with E-state index in [1.54, 1.807) is 0 Å². The largest absolute Gasteiger partial charge is 0.263 e. The first-order chi connectivity index (χ1) is 8.92. The first-order valence-electron chi connectivity index (χ1n) is 6.73. The van der Waals surface area contributed by atoms with Crippen LogP contribution in [0.3, 0.4) is 0 Å². The summed E-state index contributed by atoms with van der Waals surface area (Å²) in [6, 6.07) is 6.01. The summed E-state index contributed by atoms with van der Waals surface area (Å²) >= 11 is 0. The Bertz CT molecular complexity index is 486. The highest BCUT2D eigenvalue weighted by molar-refractivity contribution is 5.06. The van der Waals surface area contributed by atoms with Gasteiger partial charge in [-0.15, -0.1) is 0 Å². The van der Waals surface area contributed by atoms with Gasteiger partial charge in [0.25, 0.3) is 0 Å². The van der Waals surface area contributed by atoms with Crippen LogP contribution in [0.2, 0.25) is 0 Å². The Kier molecular flexibility index (Phi) is 3.35. The van der Waals surface area contributed by atoms with Crippen molar-refractivity contribution in [1.29, 1.82) is 0 Å². The van der Waals surface area contributed by atoms with Crippen LogP contribution in [0, 0.1) is 0 Å². The molecule has 1 aliphatic carbocycles. The van der Waals surface area contributed by atoms with Gasteiger partial charge in [0.15, 0.2) is 5.82 Å². The molecule has 0 radical (unpaired) electrons. The van der Waals surface area contributed by atoms with Crippen LogP contribution in [0.15, 0.2) is 24.4 Å². The first kappa shape index (κ1) is 11.4. The molecule has 0 spiro atoms. The molecule has 0 aliphatic heterocycles. The van der Waals surface area contributed by atoms with Gasteiger partial charge in [0.2, 0.25) is 0 Å². The van der Waals surface area contributed by atoms with Crippen LogP contribution >= 0.6 is 0 Å². The van der Waals surface area contributed by atoms with E-state index in [1.807, 2.05) is 24.4 Å². The maximum absolute atomic E-state index is 4.61. The molecular weight excluding hydrogens is 224 g/mol. The molecule has 0 atom stereocenters. The summed E-state index contributed by atoms with van der Waals surface area (Å²) < 4.78 is 0. The molecule has 1 fully saturated rings. The molecule has 1 saturated carbocycles. The third-order valence-corrected chi connectivity index (χ3v) is 3.61. The molecule has 4 heteroatoms. The lowest BCUT2D eigenvalue weighted by molar-refractivity contribution is 0.671. The van der Waals surface area contributed by atoms with Crippen molar-refractivity contribution in [3.05, 3.63) is 41.7 Å². The van der Waals surface area contributed by atoms with Crippen LogP contribution in [-0.2, 0) is 12.8 Å². The summed E-state index contributed by atoms with van der Waals surface area (Å²) in [5.41, 5.74) is 1.11. The highest BCUT2D eigenvalue weighted by Gasteiger charge is 2.20. The van der Waals surface area contributed by atoms with E-state index in [2.05, 4.69) is 20.2 Å². The average molecular weight is 242 g/mol. The summed E-state index contributed by atoms with van der Waals surface area (Å²) in [4.78, 5) is 8.93. The van der Waals surface area contributed by atoms with Gasteiger partial charge >= 0.3 is 0 Å². The van der Waals surface area contributed by atoms with Crippen molar-refractivity contribution in [1.82, 2.24) is 20.2 Å². The van der Waals surface area contributed by atoms with Crippen LogP contribution in [0.5, 0.6) is 0 Å². The van der Waals surface area contributed by atoms with Gasteiger partial charge in [-0.25, -0.2) is 4.98 Å². The molecule has 4 nitrogen and oxygen atoms in total. The van der Waals surface area contributed by atoms with Crippen molar-refractivity contribution in [3.8, 4) is 0 Å². The molecule has 0 unspecified atom stereocenters. The second-order valence-corrected chi connectivity index (χ2v) is 4.94. The van der Waals surface area contributed by atoms with Crippen molar-refractivity contribution in [2.75, 3.05) is 0 Å². The third-order valence-electron chi connectivity index (χ3n) is 3.61. The molecule has 0 amide bonds. The van der Waals surface area contributed by atoms with Crippen molar-refractivity contribution >= 4 is 0 Å². The van der Waals surface area contributed by atoms with E-state index in [9.17, 15) is 0 Å². The fraction of sp³-hybridized carbons (Fsp3) is 0.500. The molecule has 0 aromatic carbocycles. The molecule has 3 rings (SSSR count). The third kappa shape index (κ3) is 2.58. The molecule has 1 N–H and O–H groups in total. The van der Waals surface area contributed by atoms with Crippen LogP contribution in [0.25, 0.3) is 0 Å². The summed E-state index contributed by atoms with van der Waals surface area (Å²) in [6.45, 7) is 0. The number of aromatic amines is 1. The van der Waals surface area contributed by atoms with Gasteiger partial charge in [0, 0.05) is 24.2 Å². The lowest BCUT2D eigenvalue weighted by Crippen LogP contribution is -1.97. The Hall–Kier alpha value is -1.71. The van der Waals surface area contributed by atoms with Crippen molar-refractivity contribution in [2.45, 2.75) is 44.4 Å². The van der Waals surface area contributed by atoms with Crippen molar-refractivity contribution in [2.24, 2.45) is 0 Å². The van der Waals surface area contributed by atoms with Crippen LogP contribution in [-0.4, -0.2) is 20.2 Å². The maximum atomic E-state index is 4.61. The summed E-state index contributed by atoms with van der Waals surface area (Å²) in [5, 5.41) is 7.42. The average Bonchev–Trinajstić information content (AvgIpc) is 3.08.